The molecule has 3 aliphatic rings. The van der Waals surface area contributed by atoms with Gasteiger partial charge in [-0.1, -0.05) is 6.42 Å². The van der Waals surface area contributed by atoms with E-state index in [1.165, 1.54) is 33.8 Å². The summed E-state index contributed by atoms with van der Waals surface area (Å²) in [4.78, 5) is 2.06. The summed E-state index contributed by atoms with van der Waals surface area (Å²) in [5, 5.41) is 8.67. The molecule has 33 heavy (non-hydrogen) atoms. The Hall–Kier alpha value is -0.390. The van der Waals surface area contributed by atoms with Gasteiger partial charge in [0.05, 0.1) is 38.6 Å². The Morgan fingerprint density at radius 3 is 1.33 bits per heavy atom. The van der Waals surface area contributed by atoms with E-state index in [-0.39, 0.29) is 6.61 Å². The van der Waals surface area contributed by atoms with Crippen molar-refractivity contribution < 1.29 is 35.1 Å². The molecule has 0 unspecified atom stereocenters. The zero-order valence-electron chi connectivity index (χ0n) is 19.9. The maximum Gasteiger partial charge on any atom is 0.211 e. The van der Waals surface area contributed by atoms with Crippen LogP contribution >= 0.6 is 0 Å². The van der Waals surface area contributed by atoms with Crippen molar-refractivity contribution in [2.75, 3.05) is 97.5 Å². The normalized spacial score (nSPS) is 22.5. The second-order valence-electron chi connectivity index (χ2n) is 8.22. The van der Waals surface area contributed by atoms with Gasteiger partial charge in [0.2, 0.25) is 30.1 Å². The Morgan fingerprint density at radius 1 is 0.606 bits per heavy atom. The van der Waals surface area contributed by atoms with Gasteiger partial charge in [0.25, 0.3) is 0 Å². The van der Waals surface area contributed by atoms with Gasteiger partial charge in [-0.25, -0.2) is 29.6 Å². The summed E-state index contributed by atoms with van der Waals surface area (Å²) in [6, 6.07) is 0. The summed E-state index contributed by atoms with van der Waals surface area (Å²) in [6.45, 7) is 6.77. The van der Waals surface area contributed by atoms with Gasteiger partial charge < -0.3 is 9.84 Å². The molecule has 3 rings (SSSR count). The van der Waals surface area contributed by atoms with Gasteiger partial charge in [0.1, 0.15) is 0 Å². The van der Waals surface area contributed by atoms with Crippen molar-refractivity contribution in [3.05, 3.63) is 0 Å². The molecule has 3 heterocycles. The van der Waals surface area contributed by atoms with Crippen LogP contribution in [0.15, 0.2) is 0 Å². The summed E-state index contributed by atoms with van der Waals surface area (Å²) in [6.07, 6.45) is 6.94. The highest BCUT2D eigenvalue weighted by Gasteiger charge is 2.22. The van der Waals surface area contributed by atoms with Crippen molar-refractivity contribution >= 4 is 30.1 Å². The lowest BCUT2D eigenvalue weighted by atomic mass is 10.2. The molecule has 0 aromatic rings. The van der Waals surface area contributed by atoms with Crippen LogP contribution in [0.3, 0.4) is 0 Å². The number of hydrogen-bond donors (Lipinski definition) is 1. The molecule has 0 aromatic carbocycles. The lowest BCUT2D eigenvalue weighted by molar-refractivity contribution is 0.0733. The quantitative estimate of drug-likeness (QED) is 0.433. The van der Waals surface area contributed by atoms with Crippen molar-refractivity contribution in [1.29, 1.82) is 0 Å². The van der Waals surface area contributed by atoms with Crippen LogP contribution in [0.2, 0.25) is 0 Å². The number of ether oxygens (including phenoxy) is 1. The van der Waals surface area contributed by atoms with Crippen molar-refractivity contribution in [3.63, 3.8) is 0 Å². The largest absolute Gasteiger partial charge is 0.395 e. The number of piperazine rings is 1. The maximum absolute atomic E-state index is 11.1. The second-order valence-corrected chi connectivity index (χ2v) is 14.2. The van der Waals surface area contributed by atoms with E-state index >= 15 is 0 Å². The van der Waals surface area contributed by atoms with Crippen LogP contribution in [-0.2, 0) is 34.8 Å². The first-order valence-electron chi connectivity index (χ1n) is 11.0. The van der Waals surface area contributed by atoms with E-state index in [0.717, 1.165) is 25.9 Å². The van der Waals surface area contributed by atoms with Gasteiger partial charge in [-0.05, 0) is 12.8 Å². The number of piperidine rings is 1. The highest BCUT2D eigenvalue weighted by Crippen LogP contribution is 2.11. The first kappa shape index (κ1) is 30.6. The molecule has 1 N–H and O–H groups in total. The Labute approximate surface area is 199 Å². The molecule has 3 aliphatic heterocycles. The summed E-state index contributed by atoms with van der Waals surface area (Å²) < 4.78 is 75.2. The number of hydrogen-bond acceptors (Lipinski definition) is 9. The molecule has 0 saturated carbocycles. The smallest absolute Gasteiger partial charge is 0.211 e. The maximum atomic E-state index is 11.1. The summed E-state index contributed by atoms with van der Waals surface area (Å²) in [5.41, 5.74) is 0. The average Bonchev–Trinajstić information content (AvgIpc) is 2.75. The predicted octanol–water partition coefficient (Wildman–Crippen LogP) is -1.73. The van der Waals surface area contributed by atoms with Gasteiger partial charge >= 0.3 is 0 Å². The van der Waals surface area contributed by atoms with Crippen LogP contribution in [0.5, 0.6) is 0 Å². The van der Waals surface area contributed by atoms with Crippen LogP contribution in [0.1, 0.15) is 19.3 Å². The number of β-amino-alcohol motifs (C(OH)–C–C–N with tert-alkyl or cyclic N) is 1. The summed E-state index contributed by atoms with van der Waals surface area (Å²) >= 11 is 0. The van der Waals surface area contributed by atoms with Crippen LogP contribution in [0, 0.1) is 0 Å². The fourth-order valence-electron chi connectivity index (χ4n) is 3.50. The Morgan fingerprint density at radius 2 is 1.00 bits per heavy atom. The molecule has 3 saturated heterocycles. The molecule has 15 heteroatoms. The Kier molecular flexibility index (Phi) is 13.2. The molecule has 0 amide bonds. The van der Waals surface area contributed by atoms with Crippen molar-refractivity contribution in [3.8, 4) is 0 Å². The second kappa shape index (κ2) is 14.2. The van der Waals surface area contributed by atoms with Crippen LogP contribution in [0.25, 0.3) is 0 Å². The van der Waals surface area contributed by atoms with Gasteiger partial charge in [0, 0.05) is 58.9 Å². The fourth-order valence-corrected chi connectivity index (χ4v) is 6.06. The molecule has 3 fully saturated rings. The van der Waals surface area contributed by atoms with Gasteiger partial charge in [-0.15, -0.1) is 0 Å². The van der Waals surface area contributed by atoms with E-state index in [4.69, 9.17) is 9.84 Å². The highest BCUT2D eigenvalue weighted by molar-refractivity contribution is 7.88. The monoisotopic (exact) mass is 536 g/mol. The third-order valence-electron chi connectivity index (χ3n) is 5.44. The average molecular weight is 537 g/mol. The van der Waals surface area contributed by atoms with E-state index in [1.54, 1.807) is 4.31 Å². The molecule has 0 spiro atoms. The standard InChI is InChI=1S/C7H16N2O3S.C6H13NO2S.C5H11NO3S/c1-13(11,12)9-4-2-8(3-5-9)6-7-10;1-10(8,9)7-5-3-2-4-6-7;1-10(7,8)6-2-4-9-5-3-6/h10H,2-7H2,1H3;2-6H2,1H3;2-5H2,1H3. The van der Waals surface area contributed by atoms with Gasteiger partial charge in [-0.3, -0.25) is 4.90 Å². The third-order valence-corrected chi connectivity index (χ3v) is 9.35. The lowest BCUT2D eigenvalue weighted by Crippen LogP contribution is -2.48. The number of morpholine rings is 1. The number of aliphatic hydroxyl groups is 1. The predicted molar refractivity (Wildman–Crippen MR) is 127 cm³/mol. The zero-order valence-corrected chi connectivity index (χ0v) is 22.4. The van der Waals surface area contributed by atoms with Gasteiger partial charge in [-0.2, -0.15) is 8.61 Å². The van der Waals surface area contributed by atoms with Crippen molar-refractivity contribution in [2.45, 2.75) is 19.3 Å². The highest BCUT2D eigenvalue weighted by atomic mass is 32.2. The minimum absolute atomic E-state index is 0.138. The number of aliphatic hydroxyl groups excluding tert-OH is 1. The van der Waals surface area contributed by atoms with Crippen molar-refractivity contribution in [2.24, 2.45) is 0 Å². The van der Waals surface area contributed by atoms with Gasteiger partial charge in [0.15, 0.2) is 0 Å². The molecular weight excluding hydrogens is 496 g/mol. The summed E-state index contributed by atoms with van der Waals surface area (Å²) in [5.74, 6) is 0. The molecule has 0 bridgehead atoms. The van der Waals surface area contributed by atoms with Crippen LogP contribution in [0.4, 0.5) is 0 Å². The molecule has 0 aliphatic carbocycles. The third kappa shape index (κ3) is 12.8. The first-order valence-corrected chi connectivity index (χ1v) is 16.6. The molecule has 0 radical (unpaired) electrons. The number of rotatable bonds is 5. The van der Waals surface area contributed by atoms with Crippen LogP contribution in [-0.4, -0.2) is 146 Å². The Balaban J connectivity index is 0.000000251. The van der Waals surface area contributed by atoms with E-state index < -0.39 is 30.1 Å². The Bertz CT molecular complexity index is 814. The van der Waals surface area contributed by atoms with Crippen molar-refractivity contribution in [1.82, 2.24) is 17.8 Å². The minimum atomic E-state index is -3.02. The zero-order chi connectivity index (χ0) is 25.1. The fraction of sp³-hybridized carbons (Fsp3) is 1.00. The van der Waals surface area contributed by atoms with E-state index in [0.29, 0.717) is 59.0 Å². The molecular formula is C18H40N4O8S3. The first-order chi connectivity index (χ1) is 15.2. The van der Waals surface area contributed by atoms with E-state index in [9.17, 15) is 25.3 Å². The lowest BCUT2D eigenvalue weighted by Gasteiger charge is -2.32. The van der Waals surface area contributed by atoms with E-state index in [1.807, 2.05) is 0 Å². The number of nitrogens with zero attached hydrogens (tertiary/aromatic N) is 4. The molecule has 0 aromatic heterocycles. The van der Waals surface area contributed by atoms with E-state index in [2.05, 4.69) is 4.90 Å². The number of sulfonamides is 3. The van der Waals surface area contributed by atoms with Crippen LogP contribution < -0.4 is 0 Å². The molecule has 0 atom stereocenters. The SMILES string of the molecule is CS(=O)(=O)N1CCCCC1.CS(=O)(=O)N1CCN(CCO)CC1.CS(=O)(=O)N1CCOCC1. The summed E-state index contributed by atoms with van der Waals surface area (Å²) in [7, 11) is -8.89. The molecule has 198 valence electrons. The minimum Gasteiger partial charge on any atom is -0.395 e. The molecule has 12 nitrogen and oxygen atoms in total. The topological polar surface area (TPSA) is 145 Å².